The maximum absolute atomic E-state index is 12.6. The summed E-state index contributed by atoms with van der Waals surface area (Å²) in [4.78, 5) is 16.7. The zero-order valence-electron chi connectivity index (χ0n) is 10.6. The molecule has 3 rings (SSSR count). The second kappa shape index (κ2) is 4.94. The van der Waals surface area contributed by atoms with Crippen molar-refractivity contribution in [2.45, 2.75) is 0 Å². The van der Waals surface area contributed by atoms with E-state index in [-0.39, 0.29) is 11.5 Å². The van der Waals surface area contributed by atoms with E-state index in [9.17, 15) is 4.79 Å². The molecule has 0 saturated heterocycles. The van der Waals surface area contributed by atoms with Crippen LogP contribution in [0.5, 0.6) is 0 Å². The van der Waals surface area contributed by atoms with Crippen LogP contribution >= 0.6 is 0 Å². The fourth-order valence-corrected chi connectivity index (χ4v) is 2.23. The van der Waals surface area contributed by atoms with E-state index in [0.29, 0.717) is 11.1 Å². The molecule has 0 aliphatic carbocycles. The number of benzene rings is 2. The number of nitrogens with zero attached hydrogens (tertiary/aromatic N) is 2. The van der Waals surface area contributed by atoms with Gasteiger partial charge in [-0.2, -0.15) is 5.26 Å². The van der Waals surface area contributed by atoms with Gasteiger partial charge in [-0.05, 0) is 22.9 Å². The van der Waals surface area contributed by atoms with Crippen LogP contribution in [-0.2, 0) is 0 Å². The lowest BCUT2D eigenvalue weighted by Crippen LogP contribution is -2.07. The van der Waals surface area contributed by atoms with Gasteiger partial charge in [0.1, 0.15) is 11.8 Å². The Morgan fingerprint density at radius 1 is 1.00 bits per heavy atom. The molecular formula is C17H10N2O. The maximum Gasteiger partial charge on any atom is 0.213 e. The van der Waals surface area contributed by atoms with Crippen molar-refractivity contribution in [3.05, 3.63) is 77.6 Å². The lowest BCUT2D eigenvalue weighted by Gasteiger charge is -2.06. The molecule has 0 saturated carbocycles. The van der Waals surface area contributed by atoms with Gasteiger partial charge in [-0.25, -0.2) is 0 Å². The summed E-state index contributed by atoms with van der Waals surface area (Å²) in [7, 11) is 0. The normalized spacial score (nSPS) is 10.2. The molecule has 0 spiro atoms. The molecule has 0 amide bonds. The number of ketones is 1. The van der Waals surface area contributed by atoms with E-state index in [1.54, 1.807) is 18.2 Å². The predicted molar refractivity (Wildman–Crippen MR) is 76.3 cm³/mol. The number of aromatic nitrogens is 1. The first-order valence-corrected chi connectivity index (χ1v) is 6.19. The van der Waals surface area contributed by atoms with Crippen LogP contribution in [0.3, 0.4) is 0 Å². The highest BCUT2D eigenvalue weighted by Gasteiger charge is 2.16. The van der Waals surface area contributed by atoms with Crippen LogP contribution in [0.4, 0.5) is 0 Å². The lowest BCUT2D eigenvalue weighted by molar-refractivity contribution is 0.103. The van der Waals surface area contributed by atoms with E-state index < -0.39 is 0 Å². The molecule has 0 fully saturated rings. The fraction of sp³-hybridized carbons (Fsp3) is 0. The van der Waals surface area contributed by atoms with Gasteiger partial charge in [0, 0.05) is 11.8 Å². The van der Waals surface area contributed by atoms with Gasteiger partial charge >= 0.3 is 0 Å². The molecule has 0 aliphatic rings. The van der Waals surface area contributed by atoms with Gasteiger partial charge in [0.25, 0.3) is 0 Å². The predicted octanol–water partition coefficient (Wildman–Crippen LogP) is 3.34. The molecule has 0 bridgehead atoms. The molecule has 3 nitrogen and oxygen atoms in total. The third-order valence-corrected chi connectivity index (χ3v) is 3.18. The summed E-state index contributed by atoms with van der Waals surface area (Å²) in [6, 6.07) is 18.5. The van der Waals surface area contributed by atoms with Gasteiger partial charge in [-0.3, -0.25) is 9.78 Å². The Hall–Kier alpha value is -2.99. The van der Waals surface area contributed by atoms with Crippen molar-refractivity contribution < 1.29 is 4.79 Å². The molecule has 3 aromatic rings. The van der Waals surface area contributed by atoms with Crippen LogP contribution in [-0.4, -0.2) is 10.8 Å². The Labute approximate surface area is 116 Å². The molecule has 0 unspecified atom stereocenters. The summed E-state index contributed by atoms with van der Waals surface area (Å²) in [6.45, 7) is 0. The Morgan fingerprint density at radius 3 is 2.65 bits per heavy atom. The zero-order valence-corrected chi connectivity index (χ0v) is 10.6. The molecule has 0 atom stereocenters. The molecule has 1 heterocycles. The van der Waals surface area contributed by atoms with Gasteiger partial charge in [0.2, 0.25) is 5.78 Å². The topological polar surface area (TPSA) is 53.8 Å². The van der Waals surface area contributed by atoms with Crippen molar-refractivity contribution in [3.8, 4) is 6.07 Å². The lowest BCUT2D eigenvalue weighted by atomic mass is 9.98. The van der Waals surface area contributed by atoms with Crippen molar-refractivity contribution in [3.63, 3.8) is 0 Å². The van der Waals surface area contributed by atoms with Crippen molar-refractivity contribution in [2.75, 3.05) is 0 Å². The summed E-state index contributed by atoms with van der Waals surface area (Å²) < 4.78 is 0. The second-order valence-electron chi connectivity index (χ2n) is 4.37. The Morgan fingerprint density at radius 2 is 1.80 bits per heavy atom. The standard InChI is InChI=1S/C17H10N2O/c18-11-13-7-4-10-19-16(13)17(20)15-9-3-6-12-5-1-2-8-14(12)15/h1-10H. The highest BCUT2D eigenvalue weighted by molar-refractivity contribution is 6.16. The molecule has 1 aromatic heterocycles. The number of rotatable bonds is 2. The molecular weight excluding hydrogens is 248 g/mol. The smallest absolute Gasteiger partial charge is 0.213 e. The first-order chi connectivity index (χ1) is 9.81. The van der Waals surface area contributed by atoms with E-state index in [1.165, 1.54) is 6.20 Å². The molecule has 0 N–H and O–H groups in total. The van der Waals surface area contributed by atoms with Gasteiger partial charge in [0.05, 0.1) is 5.56 Å². The highest BCUT2D eigenvalue weighted by atomic mass is 16.1. The van der Waals surface area contributed by atoms with Gasteiger partial charge in [-0.1, -0.05) is 42.5 Å². The Bertz CT molecular complexity index is 841. The maximum atomic E-state index is 12.6. The summed E-state index contributed by atoms with van der Waals surface area (Å²) in [6.07, 6.45) is 1.53. The first kappa shape index (κ1) is 12.1. The van der Waals surface area contributed by atoms with Crippen molar-refractivity contribution in [2.24, 2.45) is 0 Å². The number of pyridine rings is 1. The van der Waals surface area contributed by atoms with E-state index in [1.807, 2.05) is 42.5 Å². The third kappa shape index (κ3) is 1.94. The average molecular weight is 258 g/mol. The average Bonchev–Trinajstić information content (AvgIpc) is 2.53. The number of carbonyl (C=O) groups is 1. The van der Waals surface area contributed by atoms with Gasteiger partial charge in [-0.15, -0.1) is 0 Å². The van der Waals surface area contributed by atoms with E-state index in [4.69, 9.17) is 5.26 Å². The van der Waals surface area contributed by atoms with Gasteiger partial charge in [0.15, 0.2) is 0 Å². The molecule has 0 radical (unpaired) electrons. The van der Waals surface area contributed by atoms with Crippen molar-refractivity contribution in [1.29, 1.82) is 5.26 Å². The Balaban J connectivity index is 2.21. The van der Waals surface area contributed by atoms with Crippen LogP contribution in [0.15, 0.2) is 60.8 Å². The monoisotopic (exact) mass is 258 g/mol. The van der Waals surface area contributed by atoms with Crippen molar-refractivity contribution >= 4 is 16.6 Å². The van der Waals surface area contributed by atoms with Crippen LogP contribution in [0.25, 0.3) is 10.8 Å². The number of hydrogen-bond acceptors (Lipinski definition) is 3. The number of nitriles is 1. The first-order valence-electron chi connectivity index (χ1n) is 6.19. The van der Waals surface area contributed by atoms with Crippen LogP contribution < -0.4 is 0 Å². The van der Waals surface area contributed by atoms with E-state index in [2.05, 4.69) is 4.98 Å². The zero-order chi connectivity index (χ0) is 13.9. The van der Waals surface area contributed by atoms with E-state index in [0.717, 1.165) is 10.8 Å². The quantitative estimate of drug-likeness (QED) is 0.662. The largest absolute Gasteiger partial charge is 0.287 e. The molecule has 0 aliphatic heterocycles. The molecule has 94 valence electrons. The number of fused-ring (bicyclic) bond motifs is 1. The summed E-state index contributed by atoms with van der Waals surface area (Å²) in [5.41, 5.74) is 1.06. The highest BCUT2D eigenvalue weighted by Crippen LogP contribution is 2.21. The fourth-order valence-electron chi connectivity index (χ4n) is 2.23. The Kier molecular flexibility index (Phi) is 2.98. The molecule has 3 heteroatoms. The van der Waals surface area contributed by atoms with E-state index >= 15 is 0 Å². The second-order valence-corrected chi connectivity index (χ2v) is 4.37. The van der Waals surface area contributed by atoms with Crippen LogP contribution in [0, 0.1) is 11.3 Å². The summed E-state index contributed by atoms with van der Waals surface area (Å²) in [5, 5.41) is 10.9. The summed E-state index contributed by atoms with van der Waals surface area (Å²) in [5.74, 6) is -0.223. The molecule has 20 heavy (non-hydrogen) atoms. The number of carbonyl (C=O) groups excluding carboxylic acids is 1. The number of hydrogen-bond donors (Lipinski definition) is 0. The minimum Gasteiger partial charge on any atom is -0.287 e. The SMILES string of the molecule is N#Cc1cccnc1C(=O)c1cccc2ccccc12. The minimum absolute atomic E-state index is 0.200. The third-order valence-electron chi connectivity index (χ3n) is 3.18. The minimum atomic E-state index is -0.223. The molecule has 2 aromatic carbocycles. The van der Waals surface area contributed by atoms with Crippen LogP contribution in [0.2, 0.25) is 0 Å². The summed E-state index contributed by atoms with van der Waals surface area (Å²) >= 11 is 0. The van der Waals surface area contributed by atoms with Gasteiger partial charge < -0.3 is 0 Å². The van der Waals surface area contributed by atoms with Crippen molar-refractivity contribution in [1.82, 2.24) is 4.98 Å². The van der Waals surface area contributed by atoms with Crippen LogP contribution in [0.1, 0.15) is 21.6 Å².